The Morgan fingerprint density at radius 3 is 2.29 bits per heavy atom. The number of halogens is 1. The number of quaternary nitrogens is 1. The van der Waals surface area contributed by atoms with Gasteiger partial charge in [-0.1, -0.05) is 63.1 Å². The Kier molecular flexibility index (Phi) is 11.0. The average Bonchev–Trinajstić information content (AvgIpc) is 3.26. The van der Waals surface area contributed by atoms with Crippen LogP contribution in [0.4, 0.5) is 10.1 Å². The number of nitrogens with one attached hydrogen (secondary N) is 1. The number of nitrogens with zero attached hydrogens (tertiary/aromatic N) is 1. The number of aliphatic hydroxyl groups is 2. The van der Waals surface area contributed by atoms with Crippen molar-refractivity contribution in [2.75, 3.05) is 5.32 Å². The summed E-state index contributed by atoms with van der Waals surface area (Å²) in [5, 5.41) is 36.0. The smallest absolute Gasteiger partial charge is 0.257 e. The minimum absolute atomic E-state index is 0. The number of carbonyl (C=O) groups excluding carboxylic acids is 2. The number of aromatic nitrogens is 1. The zero-order valence-electron chi connectivity index (χ0n) is 24.3. The second kappa shape index (κ2) is 14.2. The highest BCUT2D eigenvalue weighted by atomic mass is 19.1. The van der Waals surface area contributed by atoms with E-state index in [0.717, 1.165) is 12.1 Å². The predicted molar refractivity (Wildman–Crippen MR) is 161 cm³/mol. The van der Waals surface area contributed by atoms with Gasteiger partial charge in [-0.15, -0.1) is 0 Å². The van der Waals surface area contributed by atoms with E-state index in [1.165, 1.54) is 18.2 Å². The van der Waals surface area contributed by atoms with Crippen LogP contribution in [0.3, 0.4) is 0 Å². The Hall–Kier alpha value is -4.05. The molecule has 0 radical (unpaired) electrons. The van der Waals surface area contributed by atoms with Crippen molar-refractivity contribution in [1.82, 2.24) is 10.7 Å². The maximum Gasteiger partial charge on any atom is 0.257 e. The van der Waals surface area contributed by atoms with E-state index in [0.29, 0.717) is 53.9 Å². The van der Waals surface area contributed by atoms with Crippen molar-refractivity contribution in [3.05, 3.63) is 102 Å². The van der Waals surface area contributed by atoms with Gasteiger partial charge < -0.3 is 36.1 Å². The van der Waals surface area contributed by atoms with Crippen LogP contribution >= 0.6 is 0 Å². The molecule has 0 saturated carbocycles. The number of hydrogen-bond acceptors (Lipinski definition) is 5. The van der Waals surface area contributed by atoms with Crippen LogP contribution in [0.2, 0.25) is 0 Å². The molecule has 1 amide bonds. The van der Waals surface area contributed by atoms with E-state index in [4.69, 9.17) is 0 Å². The third-order valence-corrected chi connectivity index (χ3v) is 7.30. The number of unbranched alkanes of at least 4 members (excludes halogenated alkanes) is 3. The molecule has 7 N–H and O–H groups in total. The quantitative estimate of drug-likeness (QED) is 0.162. The summed E-state index contributed by atoms with van der Waals surface area (Å²) in [5.41, 5.74) is 3.35. The molecule has 3 aromatic rings. The third-order valence-electron chi connectivity index (χ3n) is 7.30. The number of rotatable bonds is 12. The van der Waals surface area contributed by atoms with Crippen LogP contribution in [-0.2, 0) is 11.3 Å². The standard InChI is InChI=1S/C33H37FN2O5.H3N/c1-22(2)30-29(32(39)35-25-12-6-5-7-13-25)28(26-14-9-10-20-33(26,40)41)31(23-16-18-24(34)19-17-23)36(30)21-11-4-3-8-15-27(37)38;/h5-7,9-10,12-14,16-20,22,26,40-41H,3-4,8,11,15,21H2,1-2H3,(H,35,39)(H,37,38);1H3. The van der Waals surface area contributed by atoms with Crippen molar-refractivity contribution in [3.8, 4) is 11.3 Å². The summed E-state index contributed by atoms with van der Waals surface area (Å²) in [4.78, 5) is 24.9. The van der Waals surface area contributed by atoms with Gasteiger partial charge >= 0.3 is 0 Å². The molecule has 0 aliphatic heterocycles. The molecular formula is C33H40FN3O5. The molecule has 8 nitrogen and oxygen atoms in total. The second-order valence-electron chi connectivity index (χ2n) is 10.7. The summed E-state index contributed by atoms with van der Waals surface area (Å²) >= 11 is 0. The van der Waals surface area contributed by atoms with Gasteiger partial charge in [-0.2, -0.15) is 0 Å². The van der Waals surface area contributed by atoms with Gasteiger partial charge in [0.1, 0.15) is 5.82 Å². The predicted octanol–water partition coefficient (Wildman–Crippen LogP) is 5.64. The molecular weight excluding hydrogens is 537 g/mol. The van der Waals surface area contributed by atoms with Gasteiger partial charge in [0.25, 0.3) is 5.91 Å². The summed E-state index contributed by atoms with van der Waals surface area (Å²) < 4.78 is 16.1. The van der Waals surface area contributed by atoms with E-state index in [1.54, 1.807) is 42.5 Å². The Morgan fingerprint density at radius 1 is 1.00 bits per heavy atom. The van der Waals surface area contributed by atoms with Crippen LogP contribution in [0.15, 0.2) is 78.9 Å². The number of anilines is 1. The zero-order chi connectivity index (χ0) is 29.6. The first kappa shape index (κ1) is 32.5. The molecule has 0 fully saturated rings. The summed E-state index contributed by atoms with van der Waals surface area (Å²) in [6, 6.07) is 15.0. The summed E-state index contributed by atoms with van der Waals surface area (Å²) in [7, 11) is 0. The molecule has 1 aliphatic rings. The molecule has 1 aliphatic carbocycles. The zero-order valence-corrected chi connectivity index (χ0v) is 24.3. The van der Waals surface area contributed by atoms with Crippen LogP contribution in [0.25, 0.3) is 11.3 Å². The van der Waals surface area contributed by atoms with Gasteiger partial charge in [-0.05, 0) is 73.2 Å². The van der Waals surface area contributed by atoms with Crippen molar-refractivity contribution in [3.63, 3.8) is 0 Å². The number of amides is 1. The van der Waals surface area contributed by atoms with Crippen LogP contribution in [0, 0.1) is 5.82 Å². The van der Waals surface area contributed by atoms with Gasteiger partial charge in [-0.25, -0.2) is 4.39 Å². The minimum Gasteiger partial charge on any atom is -0.550 e. The molecule has 4 rings (SSSR count). The van der Waals surface area contributed by atoms with Crippen molar-refractivity contribution < 1.29 is 29.3 Å². The number of carbonyl (C=O) groups is 2. The van der Waals surface area contributed by atoms with Crippen molar-refractivity contribution in [1.29, 1.82) is 0 Å². The molecule has 1 heterocycles. The minimum atomic E-state index is -2.27. The summed E-state index contributed by atoms with van der Waals surface area (Å²) in [6.07, 6.45) is 8.89. The van der Waals surface area contributed by atoms with E-state index in [1.807, 2.05) is 36.6 Å². The topological polar surface area (TPSA) is 151 Å². The lowest BCUT2D eigenvalue weighted by Gasteiger charge is -2.30. The highest BCUT2D eigenvalue weighted by Gasteiger charge is 2.41. The number of para-hydroxylation sites is 1. The van der Waals surface area contributed by atoms with Crippen molar-refractivity contribution in [2.24, 2.45) is 0 Å². The Balaban J connectivity index is 0.00000484. The number of benzene rings is 2. The number of allylic oxidation sites excluding steroid dienone is 2. The van der Waals surface area contributed by atoms with Crippen LogP contribution < -0.4 is 16.6 Å². The monoisotopic (exact) mass is 577 g/mol. The Morgan fingerprint density at radius 2 is 1.67 bits per heavy atom. The highest BCUT2D eigenvalue weighted by Crippen LogP contribution is 2.45. The Bertz CT molecular complexity index is 1430. The fraction of sp³-hybridized carbons (Fsp3) is 0.333. The summed E-state index contributed by atoms with van der Waals surface area (Å²) in [5.74, 6) is -5.24. The molecule has 0 bridgehead atoms. The summed E-state index contributed by atoms with van der Waals surface area (Å²) in [6.45, 7) is 4.45. The van der Waals surface area contributed by atoms with Gasteiger partial charge in [0.2, 0.25) is 0 Å². The lowest BCUT2D eigenvalue weighted by Crippen LogP contribution is -2.35. The van der Waals surface area contributed by atoms with E-state index < -0.39 is 23.5 Å². The highest BCUT2D eigenvalue weighted by molar-refractivity contribution is 6.08. The number of carboxylic acids is 1. The number of aliphatic carboxylic acids is 1. The van der Waals surface area contributed by atoms with Gasteiger partial charge in [0, 0.05) is 29.5 Å². The third kappa shape index (κ3) is 7.42. The molecule has 2 aromatic carbocycles. The first-order valence-electron chi connectivity index (χ1n) is 14.0. The van der Waals surface area contributed by atoms with E-state index in [2.05, 4.69) is 5.32 Å². The molecule has 42 heavy (non-hydrogen) atoms. The molecule has 224 valence electrons. The fourth-order valence-electron chi connectivity index (χ4n) is 5.48. The van der Waals surface area contributed by atoms with Crippen molar-refractivity contribution >= 4 is 17.6 Å². The first-order chi connectivity index (χ1) is 19.6. The molecule has 1 atom stereocenters. The maximum absolute atomic E-state index is 14.1. The van der Waals surface area contributed by atoms with Gasteiger partial charge in [0.15, 0.2) is 5.79 Å². The second-order valence-corrected chi connectivity index (χ2v) is 10.7. The van der Waals surface area contributed by atoms with Crippen LogP contribution in [0.5, 0.6) is 0 Å². The number of hydrogen-bond donors (Lipinski definition) is 4. The average molecular weight is 578 g/mol. The molecule has 1 aromatic heterocycles. The van der Waals surface area contributed by atoms with Gasteiger partial charge in [0.05, 0.1) is 17.2 Å². The van der Waals surface area contributed by atoms with E-state index >= 15 is 0 Å². The molecule has 1 unspecified atom stereocenters. The molecule has 9 heteroatoms. The van der Waals surface area contributed by atoms with Crippen LogP contribution in [-0.4, -0.2) is 32.4 Å². The van der Waals surface area contributed by atoms with Crippen molar-refractivity contribution in [2.45, 2.75) is 70.1 Å². The Labute approximate surface area is 245 Å². The van der Waals surface area contributed by atoms with Gasteiger partial charge in [-0.3, -0.25) is 4.79 Å². The lowest BCUT2D eigenvalue weighted by atomic mass is 9.82. The maximum atomic E-state index is 14.1. The molecule has 0 saturated heterocycles. The largest absolute Gasteiger partial charge is 0.550 e. The number of carboxylic acid groups (broad SMARTS) is 1. The first-order valence-corrected chi connectivity index (χ1v) is 14.0. The van der Waals surface area contributed by atoms with Crippen LogP contribution in [0.1, 0.15) is 79.4 Å². The van der Waals surface area contributed by atoms with E-state index in [-0.39, 0.29) is 24.4 Å². The molecule has 0 spiro atoms. The SMILES string of the molecule is CC(C)c1c(C(=O)Nc2ccccc2)c(C2C=CC=CC2(O)O)c(-c2ccc(F)cc2)n1CCCCCCC(=O)[O-].[NH4+]. The lowest BCUT2D eigenvalue weighted by molar-refractivity contribution is -0.305. The normalized spacial score (nSPS) is 15.4. The fourth-order valence-corrected chi connectivity index (χ4v) is 5.48. The van der Waals surface area contributed by atoms with E-state index in [9.17, 15) is 29.3 Å².